The maximum atomic E-state index is 12.1. The Hall–Kier alpha value is -2.80. The molecule has 0 saturated carbocycles. The number of nitrogens with one attached hydrogen (secondary N) is 1. The van der Waals surface area contributed by atoms with Gasteiger partial charge in [-0.15, -0.1) is 0 Å². The Labute approximate surface area is 146 Å². The van der Waals surface area contributed by atoms with Gasteiger partial charge in [0.25, 0.3) is 0 Å². The fourth-order valence-corrected chi connectivity index (χ4v) is 2.37. The van der Waals surface area contributed by atoms with E-state index in [1.54, 1.807) is 4.40 Å². The van der Waals surface area contributed by atoms with E-state index in [1.807, 2.05) is 48.5 Å². The average molecular weight is 396 g/mol. The summed E-state index contributed by atoms with van der Waals surface area (Å²) < 4.78 is 47.4. The van der Waals surface area contributed by atoms with Crippen LogP contribution >= 0.6 is 0 Å². The second kappa shape index (κ2) is 6.17. The number of aromatic amines is 1. The Morgan fingerprint density at radius 2 is 1.58 bits per heavy atom. The van der Waals surface area contributed by atoms with E-state index in [1.165, 1.54) is 0 Å². The minimum absolute atomic E-state index is 0.155. The van der Waals surface area contributed by atoms with E-state index >= 15 is 0 Å². The molecule has 0 aliphatic carbocycles. The molecule has 0 unspecified atom stereocenters. The molecule has 4 aromatic rings. The molecular formula is C14H12N4O6S2. The van der Waals surface area contributed by atoms with Gasteiger partial charge in [-0.3, -0.25) is 4.55 Å². The Morgan fingerprint density at radius 1 is 1.00 bits per heavy atom. The lowest BCUT2D eigenvalue weighted by molar-refractivity contribution is 0.493. The lowest BCUT2D eigenvalue weighted by atomic mass is 10.2. The first-order chi connectivity index (χ1) is 12.1. The summed E-state index contributed by atoms with van der Waals surface area (Å²) >= 11 is 0. The molecule has 10 nitrogen and oxygen atoms in total. The van der Waals surface area contributed by atoms with Gasteiger partial charge in [-0.1, -0.05) is 24.3 Å². The molecule has 4 rings (SSSR count). The van der Waals surface area contributed by atoms with Gasteiger partial charge in [0.2, 0.25) is 0 Å². The van der Waals surface area contributed by atoms with Gasteiger partial charge < -0.3 is 4.98 Å². The van der Waals surface area contributed by atoms with E-state index in [9.17, 15) is 21.6 Å². The van der Waals surface area contributed by atoms with E-state index in [2.05, 4.69) is 15.1 Å². The molecule has 0 spiro atoms. The maximum absolute atomic E-state index is 12.1. The molecule has 4 N–H and O–H groups in total. The summed E-state index contributed by atoms with van der Waals surface area (Å²) in [7, 11) is -9.90. The fraction of sp³-hybridized carbons (Fsp3) is 0. The SMILES string of the molecule is NS(=O)(=O)S(=O)(=O)O.O=c1[nH]c2ccccc2c2nc3ccccc3n12. The van der Waals surface area contributed by atoms with Crippen molar-refractivity contribution in [2.45, 2.75) is 0 Å². The Kier molecular flexibility index (Phi) is 4.28. The number of aromatic nitrogens is 3. The standard InChI is InChI=1S/C14H9N3O.H3NO5S2/c18-14-16-10-6-2-1-5-9(10)13-15-11-7-3-4-8-12(11)17(13)14;1-7(2,3)8(4,5)6/h1-8H,(H,16,18);(H2,1,2,3)(H,4,5,6). The molecule has 0 aliphatic rings. The van der Waals surface area contributed by atoms with Gasteiger partial charge in [0.05, 0.1) is 16.6 Å². The number of rotatable bonds is 1. The van der Waals surface area contributed by atoms with Crippen molar-refractivity contribution in [3.05, 3.63) is 59.0 Å². The van der Waals surface area contributed by atoms with Gasteiger partial charge in [0.1, 0.15) is 0 Å². The van der Waals surface area contributed by atoms with Gasteiger partial charge >= 0.3 is 23.9 Å². The van der Waals surface area contributed by atoms with E-state index in [0.717, 1.165) is 21.9 Å². The number of hydrogen-bond donors (Lipinski definition) is 3. The molecule has 2 aromatic heterocycles. The van der Waals surface area contributed by atoms with Crippen molar-refractivity contribution in [3.63, 3.8) is 0 Å². The first kappa shape index (κ1) is 18.0. The largest absolute Gasteiger partial charge is 0.386 e. The zero-order valence-electron chi connectivity index (χ0n) is 12.9. The Morgan fingerprint density at radius 3 is 2.23 bits per heavy atom. The normalized spacial score (nSPS) is 12.2. The van der Waals surface area contributed by atoms with Gasteiger partial charge in [-0.05, 0) is 24.3 Å². The summed E-state index contributed by atoms with van der Waals surface area (Å²) in [6, 6.07) is 15.3. The van der Waals surface area contributed by atoms with Gasteiger partial charge in [0.15, 0.2) is 5.65 Å². The van der Waals surface area contributed by atoms with Crippen molar-refractivity contribution in [2.75, 3.05) is 0 Å². The van der Waals surface area contributed by atoms with Crippen molar-refractivity contribution in [1.82, 2.24) is 14.4 Å². The van der Waals surface area contributed by atoms with E-state index in [0.29, 0.717) is 5.65 Å². The van der Waals surface area contributed by atoms with Crippen LogP contribution in [0.1, 0.15) is 0 Å². The third-order valence-electron chi connectivity index (χ3n) is 3.47. The van der Waals surface area contributed by atoms with Crippen LogP contribution in [-0.2, 0) is 18.2 Å². The van der Waals surface area contributed by atoms with Gasteiger partial charge in [-0.25, -0.2) is 19.3 Å². The van der Waals surface area contributed by atoms with Crippen LogP contribution in [0.25, 0.3) is 27.6 Å². The van der Waals surface area contributed by atoms with Crippen LogP contribution in [0.4, 0.5) is 0 Å². The number of imidazole rings is 1. The molecule has 2 aromatic carbocycles. The van der Waals surface area contributed by atoms with Crippen molar-refractivity contribution >= 4 is 45.8 Å². The van der Waals surface area contributed by atoms with Crippen molar-refractivity contribution < 1.29 is 21.4 Å². The molecule has 0 fully saturated rings. The van der Waals surface area contributed by atoms with Crippen LogP contribution in [-0.4, -0.2) is 35.8 Å². The van der Waals surface area contributed by atoms with Crippen LogP contribution in [0.15, 0.2) is 53.3 Å². The number of fused-ring (bicyclic) bond motifs is 5. The molecule has 0 atom stereocenters. The number of hydrogen-bond acceptors (Lipinski definition) is 6. The van der Waals surface area contributed by atoms with E-state index < -0.39 is 18.2 Å². The highest BCUT2D eigenvalue weighted by atomic mass is 33.2. The van der Waals surface area contributed by atoms with Gasteiger partial charge in [-0.2, -0.15) is 16.8 Å². The first-order valence-electron chi connectivity index (χ1n) is 6.98. The lowest BCUT2D eigenvalue weighted by Crippen LogP contribution is -2.22. The van der Waals surface area contributed by atoms with Crippen LogP contribution in [0, 0.1) is 0 Å². The number of nitrogens with zero attached hydrogens (tertiary/aromatic N) is 2. The topological polar surface area (TPSA) is 165 Å². The molecule has 0 amide bonds. The summed E-state index contributed by atoms with van der Waals surface area (Å²) in [5, 5.41) is 4.90. The quantitative estimate of drug-likeness (QED) is 0.309. The predicted octanol–water partition coefficient (Wildman–Crippen LogP) is 0.407. The Balaban J connectivity index is 0.000000211. The zero-order valence-corrected chi connectivity index (χ0v) is 14.5. The third kappa shape index (κ3) is 3.17. The molecule has 0 bridgehead atoms. The first-order valence-corrected chi connectivity index (χ1v) is 10.5. The summed E-state index contributed by atoms with van der Waals surface area (Å²) in [5.41, 5.74) is 3.03. The molecule has 12 heteroatoms. The minimum Gasteiger partial charge on any atom is -0.306 e. The van der Waals surface area contributed by atoms with E-state index in [-0.39, 0.29) is 5.69 Å². The summed E-state index contributed by atoms with van der Waals surface area (Å²) in [6.07, 6.45) is 0. The summed E-state index contributed by atoms with van der Waals surface area (Å²) in [4.78, 5) is 19.6. The van der Waals surface area contributed by atoms with Crippen molar-refractivity contribution in [1.29, 1.82) is 0 Å². The monoisotopic (exact) mass is 396 g/mol. The fourth-order valence-electron chi connectivity index (χ4n) is 2.37. The maximum Gasteiger partial charge on any atom is 0.386 e. The highest BCUT2D eigenvalue weighted by molar-refractivity contribution is 8.64. The van der Waals surface area contributed by atoms with Crippen molar-refractivity contribution in [2.24, 2.45) is 5.14 Å². The van der Waals surface area contributed by atoms with Crippen LogP contribution < -0.4 is 10.8 Å². The lowest BCUT2D eigenvalue weighted by Gasteiger charge is -1.99. The van der Waals surface area contributed by atoms with Crippen molar-refractivity contribution in [3.8, 4) is 0 Å². The minimum atomic E-state index is -5.09. The van der Waals surface area contributed by atoms with Gasteiger partial charge in [0, 0.05) is 5.39 Å². The molecule has 0 aliphatic heterocycles. The number of benzene rings is 2. The average Bonchev–Trinajstić information content (AvgIpc) is 2.94. The second-order valence-corrected chi connectivity index (χ2v) is 9.65. The molecule has 0 radical (unpaired) electrons. The number of nitrogens with two attached hydrogens (primary N) is 1. The smallest absolute Gasteiger partial charge is 0.306 e. The third-order valence-corrected chi connectivity index (χ3v) is 5.82. The highest BCUT2D eigenvalue weighted by Gasteiger charge is 2.20. The second-order valence-electron chi connectivity index (χ2n) is 5.16. The van der Waals surface area contributed by atoms with E-state index in [4.69, 9.17) is 4.55 Å². The molecule has 136 valence electrons. The Bertz CT molecular complexity index is 1370. The number of H-pyrrole nitrogens is 1. The molecule has 2 heterocycles. The molecular weight excluding hydrogens is 384 g/mol. The van der Waals surface area contributed by atoms with Crippen LogP contribution in [0.5, 0.6) is 0 Å². The predicted molar refractivity (Wildman–Crippen MR) is 95.5 cm³/mol. The van der Waals surface area contributed by atoms with Crippen LogP contribution in [0.2, 0.25) is 0 Å². The van der Waals surface area contributed by atoms with Crippen LogP contribution in [0.3, 0.4) is 0 Å². The summed E-state index contributed by atoms with van der Waals surface area (Å²) in [6.45, 7) is 0. The molecule has 26 heavy (non-hydrogen) atoms. The zero-order chi connectivity index (χ0) is 19.1. The number of para-hydroxylation sites is 3. The molecule has 0 saturated heterocycles. The highest BCUT2D eigenvalue weighted by Crippen LogP contribution is 2.20. The summed E-state index contributed by atoms with van der Waals surface area (Å²) in [5.74, 6) is 0.